The lowest BCUT2D eigenvalue weighted by molar-refractivity contribution is -0.384. The molecule has 140 valence electrons. The van der Waals surface area contributed by atoms with Crippen LogP contribution in [0.25, 0.3) is 21.0 Å². The van der Waals surface area contributed by atoms with Crippen molar-refractivity contribution < 1.29 is 4.92 Å². The van der Waals surface area contributed by atoms with Crippen LogP contribution in [-0.4, -0.2) is 15.4 Å². The summed E-state index contributed by atoms with van der Waals surface area (Å²) in [6.07, 6.45) is 1.83. The Morgan fingerprint density at radius 3 is 2.52 bits per heavy atom. The van der Waals surface area contributed by atoms with Gasteiger partial charge < -0.3 is 5.73 Å². The number of anilines is 1. The van der Waals surface area contributed by atoms with E-state index in [0.29, 0.717) is 5.69 Å². The fourth-order valence-electron chi connectivity index (χ4n) is 2.29. The Kier molecular flexibility index (Phi) is 5.50. The van der Waals surface area contributed by atoms with Crippen molar-refractivity contribution >= 4 is 34.7 Å². The number of nitro groups is 1. The first-order chi connectivity index (χ1) is 12.7. The largest absolute Gasteiger partial charge is 0.399 e. The monoisotopic (exact) mass is 400 g/mol. The summed E-state index contributed by atoms with van der Waals surface area (Å²) >= 11 is 3.09. The van der Waals surface area contributed by atoms with Crippen molar-refractivity contribution in [3.8, 4) is 21.0 Å². The Bertz CT molecular complexity index is 963. The smallest absolute Gasteiger partial charge is 0.269 e. The highest BCUT2D eigenvalue weighted by molar-refractivity contribution is 7.97. The number of thiazole rings is 1. The Morgan fingerprint density at radius 2 is 1.89 bits per heavy atom. The first-order valence-electron chi connectivity index (χ1n) is 8.27. The number of nitrogens with zero attached hydrogens (tertiary/aromatic N) is 2. The summed E-state index contributed by atoms with van der Waals surface area (Å²) in [5.41, 5.74) is 8.62. The van der Waals surface area contributed by atoms with Gasteiger partial charge in [0, 0.05) is 45.6 Å². The molecule has 0 bridgehead atoms. The molecule has 3 rings (SSSR count). The molecule has 0 radical (unpaired) electrons. The fourth-order valence-corrected chi connectivity index (χ4v) is 4.22. The first-order valence-corrected chi connectivity index (χ1v) is 9.91. The van der Waals surface area contributed by atoms with E-state index in [9.17, 15) is 10.1 Å². The molecule has 0 saturated heterocycles. The van der Waals surface area contributed by atoms with Gasteiger partial charge in [0.25, 0.3) is 5.69 Å². The van der Waals surface area contributed by atoms with E-state index in [2.05, 4.69) is 30.5 Å². The van der Waals surface area contributed by atoms with Crippen LogP contribution in [0.4, 0.5) is 11.4 Å². The molecule has 0 saturated carbocycles. The molecule has 1 heterocycles. The Hall–Kier alpha value is -2.42. The van der Waals surface area contributed by atoms with Crippen LogP contribution < -0.4 is 10.5 Å². The molecule has 0 aliphatic heterocycles. The van der Waals surface area contributed by atoms with Gasteiger partial charge in [-0.1, -0.05) is 6.07 Å². The second kappa shape index (κ2) is 7.67. The average molecular weight is 401 g/mol. The summed E-state index contributed by atoms with van der Waals surface area (Å²) in [5, 5.41) is 11.6. The summed E-state index contributed by atoms with van der Waals surface area (Å²) in [7, 11) is 0. The van der Waals surface area contributed by atoms with E-state index < -0.39 is 4.92 Å². The van der Waals surface area contributed by atoms with Gasteiger partial charge in [0.1, 0.15) is 5.01 Å². The minimum Gasteiger partial charge on any atom is -0.399 e. The summed E-state index contributed by atoms with van der Waals surface area (Å²) in [5.74, 6) is 0. The number of nitrogen functional groups attached to an aromatic ring is 1. The third-order valence-corrected chi connectivity index (χ3v) is 5.92. The van der Waals surface area contributed by atoms with Gasteiger partial charge in [-0.3, -0.25) is 14.8 Å². The average Bonchev–Trinajstić information content (AvgIpc) is 3.09. The number of hydrogen-bond acceptors (Lipinski definition) is 7. The molecule has 8 heteroatoms. The van der Waals surface area contributed by atoms with E-state index in [-0.39, 0.29) is 11.2 Å². The van der Waals surface area contributed by atoms with Crippen LogP contribution in [0.1, 0.15) is 20.8 Å². The highest BCUT2D eigenvalue weighted by Gasteiger charge is 2.15. The number of hydrogen-bond donors (Lipinski definition) is 2. The lowest BCUT2D eigenvalue weighted by atomic mass is 10.1. The van der Waals surface area contributed by atoms with Gasteiger partial charge in [0.2, 0.25) is 0 Å². The molecule has 0 amide bonds. The molecule has 0 unspecified atom stereocenters. The Balaban J connectivity index is 1.90. The number of nitrogens with one attached hydrogen (secondary N) is 1. The van der Waals surface area contributed by atoms with Crippen LogP contribution >= 0.6 is 23.3 Å². The zero-order valence-electron chi connectivity index (χ0n) is 15.2. The van der Waals surface area contributed by atoms with E-state index in [1.807, 2.05) is 24.4 Å². The second-order valence-electron chi connectivity index (χ2n) is 7.04. The first kappa shape index (κ1) is 19.3. The van der Waals surface area contributed by atoms with Crippen LogP contribution in [0.2, 0.25) is 0 Å². The minimum absolute atomic E-state index is 0.0375. The van der Waals surface area contributed by atoms with Gasteiger partial charge in [0.05, 0.1) is 9.80 Å². The number of rotatable bonds is 5. The minimum atomic E-state index is -0.406. The van der Waals surface area contributed by atoms with Crippen molar-refractivity contribution in [3.63, 3.8) is 0 Å². The molecular formula is C19H20N4O2S2. The normalized spacial score (nSPS) is 11.5. The van der Waals surface area contributed by atoms with Gasteiger partial charge >= 0.3 is 0 Å². The van der Waals surface area contributed by atoms with Crippen molar-refractivity contribution in [2.75, 3.05) is 5.73 Å². The van der Waals surface area contributed by atoms with Gasteiger partial charge in [-0.15, -0.1) is 11.3 Å². The number of nitro benzene ring substituents is 1. The third kappa shape index (κ3) is 4.85. The lowest BCUT2D eigenvalue weighted by Crippen LogP contribution is -2.29. The molecule has 0 atom stereocenters. The van der Waals surface area contributed by atoms with Crippen LogP contribution in [0.5, 0.6) is 0 Å². The maximum absolute atomic E-state index is 10.8. The van der Waals surface area contributed by atoms with Crippen molar-refractivity contribution in [2.24, 2.45) is 0 Å². The number of benzene rings is 2. The van der Waals surface area contributed by atoms with Crippen LogP contribution in [0.3, 0.4) is 0 Å². The molecule has 0 spiro atoms. The Labute approximate surface area is 166 Å². The van der Waals surface area contributed by atoms with E-state index >= 15 is 0 Å². The quantitative estimate of drug-likeness (QED) is 0.259. The van der Waals surface area contributed by atoms with Gasteiger partial charge in [-0.25, -0.2) is 4.98 Å². The molecule has 3 N–H and O–H groups in total. The highest BCUT2D eigenvalue weighted by atomic mass is 32.2. The zero-order valence-corrected chi connectivity index (χ0v) is 16.9. The number of nitrogens with two attached hydrogens (primary N) is 1. The SMILES string of the molecule is CC(C)(C)NSc1cc(N)ccc1-c1cnc(-c2ccc([N+](=O)[O-])cc2)s1. The van der Waals surface area contributed by atoms with E-state index in [0.717, 1.165) is 25.9 Å². The summed E-state index contributed by atoms with van der Waals surface area (Å²) in [6.45, 7) is 6.31. The summed E-state index contributed by atoms with van der Waals surface area (Å²) in [6, 6.07) is 12.3. The van der Waals surface area contributed by atoms with E-state index in [1.54, 1.807) is 35.4 Å². The van der Waals surface area contributed by atoms with Gasteiger partial charge in [-0.05, 0) is 57.0 Å². The van der Waals surface area contributed by atoms with Gasteiger partial charge in [-0.2, -0.15) is 0 Å². The number of non-ortho nitro benzene ring substituents is 1. The van der Waals surface area contributed by atoms with Crippen LogP contribution in [0.15, 0.2) is 53.6 Å². The molecule has 2 aromatic carbocycles. The molecule has 0 aliphatic rings. The maximum Gasteiger partial charge on any atom is 0.269 e. The molecule has 27 heavy (non-hydrogen) atoms. The molecule has 0 aliphatic carbocycles. The lowest BCUT2D eigenvalue weighted by Gasteiger charge is -2.20. The summed E-state index contributed by atoms with van der Waals surface area (Å²) in [4.78, 5) is 16.9. The highest BCUT2D eigenvalue weighted by Crippen LogP contribution is 2.38. The molecule has 6 nitrogen and oxygen atoms in total. The predicted molar refractivity (Wildman–Crippen MR) is 113 cm³/mol. The van der Waals surface area contributed by atoms with Crippen LogP contribution in [-0.2, 0) is 0 Å². The van der Waals surface area contributed by atoms with E-state index in [1.165, 1.54) is 12.1 Å². The maximum atomic E-state index is 10.8. The number of aromatic nitrogens is 1. The van der Waals surface area contributed by atoms with E-state index in [4.69, 9.17) is 5.73 Å². The van der Waals surface area contributed by atoms with Crippen molar-refractivity contribution in [1.29, 1.82) is 0 Å². The molecule has 3 aromatic rings. The predicted octanol–water partition coefficient (Wildman–Crippen LogP) is 5.36. The standard InChI is InChI=1S/C19H20N4O2S2/c1-19(2,3)22-27-16-10-13(20)6-9-15(16)17-11-21-18(26-17)12-4-7-14(8-5-12)23(24)25/h4-11,22H,20H2,1-3H3. The fraction of sp³-hybridized carbons (Fsp3) is 0.211. The Morgan fingerprint density at radius 1 is 1.19 bits per heavy atom. The van der Waals surface area contributed by atoms with Crippen molar-refractivity contribution in [3.05, 3.63) is 58.8 Å². The molecule has 1 aromatic heterocycles. The second-order valence-corrected chi connectivity index (χ2v) is 8.92. The third-order valence-electron chi connectivity index (χ3n) is 3.57. The topological polar surface area (TPSA) is 94.1 Å². The van der Waals surface area contributed by atoms with Crippen LogP contribution in [0, 0.1) is 10.1 Å². The zero-order chi connectivity index (χ0) is 19.6. The van der Waals surface area contributed by atoms with Crippen molar-refractivity contribution in [2.45, 2.75) is 31.2 Å². The van der Waals surface area contributed by atoms with Crippen molar-refractivity contribution in [1.82, 2.24) is 9.71 Å². The molecule has 0 fully saturated rings. The van der Waals surface area contributed by atoms with Gasteiger partial charge in [0.15, 0.2) is 0 Å². The summed E-state index contributed by atoms with van der Waals surface area (Å²) < 4.78 is 3.41. The molecular weight excluding hydrogens is 380 g/mol.